The zero-order chi connectivity index (χ0) is 13.7. The standard InChI is InChI=1S/C13H22N4O2/c1-3-19-10(2)13(18)14-9-12-16-15-11-7-5-4-6-8-17(11)12/h10H,3-9H2,1-2H3,(H,14,18)/t10-/m1/s1. The molecule has 0 aromatic carbocycles. The maximum absolute atomic E-state index is 11.8. The molecule has 1 aromatic rings. The average Bonchev–Trinajstić information content (AvgIpc) is 2.64. The van der Waals surface area contributed by atoms with Crippen LogP contribution in [0.2, 0.25) is 0 Å². The Morgan fingerprint density at radius 2 is 2.26 bits per heavy atom. The van der Waals surface area contributed by atoms with Crippen LogP contribution in [0.1, 0.15) is 44.8 Å². The fraction of sp³-hybridized carbons (Fsp3) is 0.769. The fourth-order valence-electron chi connectivity index (χ4n) is 2.31. The molecule has 0 saturated carbocycles. The van der Waals surface area contributed by atoms with Crippen molar-refractivity contribution in [2.75, 3.05) is 6.61 Å². The Bertz CT molecular complexity index is 430. The minimum atomic E-state index is -0.420. The average molecular weight is 266 g/mol. The monoisotopic (exact) mass is 266 g/mol. The maximum Gasteiger partial charge on any atom is 0.249 e. The number of nitrogens with zero attached hydrogens (tertiary/aromatic N) is 3. The number of aryl methyl sites for hydroxylation is 1. The van der Waals surface area contributed by atoms with Gasteiger partial charge in [-0.25, -0.2) is 0 Å². The predicted octanol–water partition coefficient (Wildman–Crippen LogP) is 1.05. The van der Waals surface area contributed by atoms with Crippen molar-refractivity contribution in [2.45, 2.75) is 58.7 Å². The van der Waals surface area contributed by atoms with Gasteiger partial charge in [-0.15, -0.1) is 10.2 Å². The second-order valence-corrected chi connectivity index (χ2v) is 4.81. The second kappa shape index (κ2) is 6.65. The molecule has 1 aliphatic heterocycles. The first-order valence-corrected chi connectivity index (χ1v) is 7.02. The fourth-order valence-corrected chi connectivity index (χ4v) is 2.31. The minimum Gasteiger partial charge on any atom is -0.369 e. The Morgan fingerprint density at radius 3 is 3.05 bits per heavy atom. The van der Waals surface area contributed by atoms with Gasteiger partial charge in [0, 0.05) is 19.6 Å². The molecular weight excluding hydrogens is 244 g/mol. The quantitative estimate of drug-likeness (QED) is 0.864. The van der Waals surface area contributed by atoms with Crippen LogP contribution in [0.4, 0.5) is 0 Å². The Hall–Kier alpha value is -1.43. The molecule has 106 valence electrons. The molecule has 0 aliphatic carbocycles. The van der Waals surface area contributed by atoms with Crippen molar-refractivity contribution in [3.05, 3.63) is 11.6 Å². The number of hydrogen-bond acceptors (Lipinski definition) is 4. The van der Waals surface area contributed by atoms with Crippen LogP contribution >= 0.6 is 0 Å². The topological polar surface area (TPSA) is 69.0 Å². The van der Waals surface area contributed by atoms with E-state index in [1.807, 2.05) is 6.92 Å². The number of nitrogens with one attached hydrogen (secondary N) is 1. The number of amides is 1. The van der Waals surface area contributed by atoms with Gasteiger partial charge < -0.3 is 14.6 Å². The number of fused-ring (bicyclic) bond motifs is 1. The van der Waals surface area contributed by atoms with Gasteiger partial charge in [0.2, 0.25) is 5.91 Å². The minimum absolute atomic E-state index is 0.104. The molecule has 0 bridgehead atoms. The van der Waals surface area contributed by atoms with E-state index in [1.54, 1.807) is 6.92 Å². The van der Waals surface area contributed by atoms with Gasteiger partial charge >= 0.3 is 0 Å². The summed E-state index contributed by atoms with van der Waals surface area (Å²) >= 11 is 0. The lowest BCUT2D eigenvalue weighted by Crippen LogP contribution is -2.34. The molecule has 2 heterocycles. The molecule has 0 unspecified atom stereocenters. The number of ether oxygens (including phenoxy) is 1. The molecule has 6 nitrogen and oxygen atoms in total. The third-order valence-corrected chi connectivity index (χ3v) is 3.39. The van der Waals surface area contributed by atoms with Crippen LogP contribution in [-0.4, -0.2) is 33.4 Å². The summed E-state index contributed by atoms with van der Waals surface area (Å²) in [5.41, 5.74) is 0. The number of carbonyl (C=O) groups excluding carboxylic acids is 1. The van der Waals surface area contributed by atoms with E-state index in [1.165, 1.54) is 12.8 Å². The smallest absolute Gasteiger partial charge is 0.249 e. The van der Waals surface area contributed by atoms with Crippen LogP contribution in [0.3, 0.4) is 0 Å². The molecule has 1 amide bonds. The summed E-state index contributed by atoms with van der Waals surface area (Å²) in [6.07, 6.45) is 4.12. The molecule has 1 N–H and O–H groups in total. The summed E-state index contributed by atoms with van der Waals surface area (Å²) in [6, 6.07) is 0. The summed E-state index contributed by atoms with van der Waals surface area (Å²) in [7, 11) is 0. The van der Waals surface area contributed by atoms with Crippen LogP contribution < -0.4 is 5.32 Å². The molecule has 0 radical (unpaired) electrons. The van der Waals surface area contributed by atoms with Gasteiger partial charge in [0.1, 0.15) is 11.9 Å². The van der Waals surface area contributed by atoms with E-state index in [4.69, 9.17) is 4.74 Å². The maximum atomic E-state index is 11.8. The van der Waals surface area contributed by atoms with E-state index in [9.17, 15) is 4.79 Å². The first-order valence-electron chi connectivity index (χ1n) is 7.02. The van der Waals surface area contributed by atoms with E-state index in [-0.39, 0.29) is 5.91 Å². The van der Waals surface area contributed by atoms with Crippen molar-refractivity contribution in [3.8, 4) is 0 Å². The molecule has 1 atom stereocenters. The van der Waals surface area contributed by atoms with E-state index in [0.29, 0.717) is 13.2 Å². The highest BCUT2D eigenvalue weighted by Crippen LogP contribution is 2.14. The number of carbonyl (C=O) groups is 1. The van der Waals surface area contributed by atoms with Crippen molar-refractivity contribution in [1.82, 2.24) is 20.1 Å². The van der Waals surface area contributed by atoms with Crippen molar-refractivity contribution in [1.29, 1.82) is 0 Å². The van der Waals surface area contributed by atoms with Crippen molar-refractivity contribution < 1.29 is 9.53 Å². The zero-order valence-corrected chi connectivity index (χ0v) is 11.7. The molecule has 0 fully saturated rings. The van der Waals surface area contributed by atoms with Gasteiger partial charge in [0.05, 0.1) is 6.54 Å². The predicted molar refractivity (Wildman–Crippen MR) is 70.5 cm³/mol. The lowest BCUT2D eigenvalue weighted by atomic mass is 10.2. The Labute approximate surface area is 113 Å². The van der Waals surface area contributed by atoms with E-state index >= 15 is 0 Å². The van der Waals surface area contributed by atoms with Crippen molar-refractivity contribution >= 4 is 5.91 Å². The van der Waals surface area contributed by atoms with Crippen molar-refractivity contribution in [2.24, 2.45) is 0 Å². The lowest BCUT2D eigenvalue weighted by Gasteiger charge is -2.12. The zero-order valence-electron chi connectivity index (χ0n) is 11.7. The van der Waals surface area contributed by atoms with Gasteiger partial charge in [-0.05, 0) is 26.7 Å². The van der Waals surface area contributed by atoms with E-state index < -0.39 is 6.10 Å². The molecule has 2 rings (SSSR count). The van der Waals surface area contributed by atoms with Crippen LogP contribution in [-0.2, 0) is 29.0 Å². The molecule has 1 aromatic heterocycles. The Kier molecular flexibility index (Phi) is 4.90. The van der Waals surface area contributed by atoms with Crippen LogP contribution in [0.5, 0.6) is 0 Å². The third-order valence-electron chi connectivity index (χ3n) is 3.39. The van der Waals surface area contributed by atoms with Gasteiger partial charge in [-0.2, -0.15) is 0 Å². The van der Waals surface area contributed by atoms with Crippen LogP contribution in [0.25, 0.3) is 0 Å². The lowest BCUT2D eigenvalue weighted by molar-refractivity contribution is -0.131. The highest BCUT2D eigenvalue weighted by molar-refractivity contribution is 5.80. The SMILES string of the molecule is CCO[C@H](C)C(=O)NCc1nnc2n1CCCCC2. The first-order chi connectivity index (χ1) is 9.22. The number of hydrogen-bond donors (Lipinski definition) is 1. The summed E-state index contributed by atoms with van der Waals surface area (Å²) in [4.78, 5) is 11.8. The summed E-state index contributed by atoms with van der Waals surface area (Å²) < 4.78 is 7.39. The molecule has 0 spiro atoms. The molecule has 1 aliphatic rings. The van der Waals surface area contributed by atoms with E-state index in [2.05, 4.69) is 20.1 Å². The summed E-state index contributed by atoms with van der Waals surface area (Å²) in [5.74, 6) is 1.78. The highest BCUT2D eigenvalue weighted by Gasteiger charge is 2.17. The first kappa shape index (κ1) is 14.0. The summed E-state index contributed by atoms with van der Waals surface area (Å²) in [5, 5.41) is 11.2. The van der Waals surface area contributed by atoms with Gasteiger partial charge in [0.15, 0.2) is 5.82 Å². The Balaban J connectivity index is 1.93. The molecule has 6 heteroatoms. The second-order valence-electron chi connectivity index (χ2n) is 4.81. The molecular formula is C13H22N4O2. The molecule has 19 heavy (non-hydrogen) atoms. The summed E-state index contributed by atoms with van der Waals surface area (Å²) in [6.45, 7) is 5.54. The Morgan fingerprint density at radius 1 is 1.42 bits per heavy atom. The number of aromatic nitrogens is 3. The van der Waals surface area contributed by atoms with Gasteiger partial charge in [-0.1, -0.05) is 6.42 Å². The highest BCUT2D eigenvalue weighted by atomic mass is 16.5. The number of rotatable bonds is 5. The molecule has 0 saturated heterocycles. The van der Waals surface area contributed by atoms with Crippen LogP contribution in [0, 0.1) is 0 Å². The van der Waals surface area contributed by atoms with Crippen LogP contribution in [0.15, 0.2) is 0 Å². The van der Waals surface area contributed by atoms with E-state index in [0.717, 1.165) is 31.0 Å². The normalized spacial score (nSPS) is 16.5. The van der Waals surface area contributed by atoms with Gasteiger partial charge in [0.25, 0.3) is 0 Å². The van der Waals surface area contributed by atoms with Crippen molar-refractivity contribution in [3.63, 3.8) is 0 Å². The third kappa shape index (κ3) is 3.53. The largest absolute Gasteiger partial charge is 0.369 e. The van der Waals surface area contributed by atoms with Gasteiger partial charge in [-0.3, -0.25) is 4.79 Å².